The van der Waals surface area contributed by atoms with Crippen LogP contribution in [0.4, 0.5) is 0 Å². The summed E-state index contributed by atoms with van der Waals surface area (Å²) < 4.78 is 2.23. The van der Waals surface area contributed by atoms with Crippen LogP contribution in [0.25, 0.3) is 6.08 Å². The molecule has 2 rings (SSSR count). The third-order valence-corrected chi connectivity index (χ3v) is 3.31. The SMILES string of the molecule is CCCCc1n[nH]c(=S)n1/N=C/C(C)=C\c1ccccc1. The zero-order valence-corrected chi connectivity index (χ0v) is 13.2. The number of nitrogens with zero attached hydrogens (tertiary/aromatic N) is 3. The second-order valence-corrected chi connectivity index (χ2v) is 5.29. The quantitative estimate of drug-likeness (QED) is 0.641. The molecule has 0 spiro atoms. The van der Waals surface area contributed by atoms with Gasteiger partial charge >= 0.3 is 0 Å². The average molecular weight is 300 g/mol. The molecular weight excluding hydrogens is 280 g/mol. The summed E-state index contributed by atoms with van der Waals surface area (Å²) in [5.74, 6) is 0.880. The first kappa shape index (κ1) is 15.4. The van der Waals surface area contributed by atoms with Gasteiger partial charge in [-0.25, -0.2) is 0 Å². The molecule has 0 saturated carbocycles. The summed E-state index contributed by atoms with van der Waals surface area (Å²) in [6, 6.07) is 10.2. The van der Waals surface area contributed by atoms with Gasteiger partial charge in [0, 0.05) is 6.42 Å². The smallest absolute Gasteiger partial charge is 0.216 e. The Hall–Kier alpha value is -2.01. The molecule has 2 aromatic rings. The summed E-state index contributed by atoms with van der Waals surface area (Å²) in [5.41, 5.74) is 2.22. The average Bonchev–Trinajstić information content (AvgIpc) is 2.84. The van der Waals surface area contributed by atoms with Crippen molar-refractivity contribution in [2.45, 2.75) is 33.1 Å². The van der Waals surface area contributed by atoms with Crippen molar-refractivity contribution in [1.82, 2.24) is 14.9 Å². The van der Waals surface area contributed by atoms with E-state index in [0.717, 1.165) is 36.2 Å². The van der Waals surface area contributed by atoms with E-state index in [2.05, 4.69) is 40.4 Å². The Labute approximate surface area is 130 Å². The van der Waals surface area contributed by atoms with Crippen molar-refractivity contribution in [1.29, 1.82) is 0 Å². The van der Waals surface area contributed by atoms with E-state index in [-0.39, 0.29) is 0 Å². The number of benzene rings is 1. The van der Waals surface area contributed by atoms with Crippen molar-refractivity contribution in [2.75, 3.05) is 0 Å². The molecule has 110 valence electrons. The van der Waals surface area contributed by atoms with Crippen LogP contribution < -0.4 is 0 Å². The summed E-state index contributed by atoms with van der Waals surface area (Å²) in [6.07, 6.45) is 6.97. The molecule has 1 N–H and O–H groups in total. The standard InChI is InChI=1S/C16H20N4S/c1-3-4-10-15-18-19-16(21)20(15)17-12-13(2)11-14-8-6-5-7-9-14/h5-9,11-12H,3-4,10H2,1-2H3,(H,19,21)/b13-11-,17-12+. The second kappa shape index (κ2) is 7.69. The molecule has 0 amide bonds. The zero-order chi connectivity index (χ0) is 15.1. The van der Waals surface area contributed by atoms with Crippen molar-refractivity contribution < 1.29 is 0 Å². The minimum atomic E-state index is 0.532. The van der Waals surface area contributed by atoms with Crippen molar-refractivity contribution in [3.63, 3.8) is 0 Å². The van der Waals surface area contributed by atoms with Crippen molar-refractivity contribution >= 4 is 24.5 Å². The summed E-state index contributed by atoms with van der Waals surface area (Å²) in [5, 5.41) is 11.5. The first-order valence-corrected chi connectivity index (χ1v) is 7.55. The van der Waals surface area contributed by atoms with Gasteiger partial charge in [0.1, 0.15) is 0 Å². The van der Waals surface area contributed by atoms with E-state index in [1.165, 1.54) is 0 Å². The van der Waals surface area contributed by atoms with E-state index in [1.54, 1.807) is 4.68 Å². The van der Waals surface area contributed by atoms with Crippen LogP contribution in [0.15, 0.2) is 41.0 Å². The highest BCUT2D eigenvalue weighted by molar-refractivity contribution is 7.71. The molecule has 0 bridgehead atoms. The van der Waals surface area contributed by atoms with Crippen molar-refractivity contribution in [3.05, 3.63) is 52.1 Å². The maximum atomic E-state index is 5.22. The molecule has 0 fully saturated rings. The molecule has 0 radical (unpaired) electrons. The van der Waals surface area contributed by atoms with Crippen molar-refractivity contribution in [3.8, 4) is 0 Å². The van der Waals surface area contributed by atoms with Gasteiger partial charge in [0.2, 0.25) is 4.77 Å². The third kappa shape index (κ3) is 4.49. The van der Waals surface area contributed by atoms with Crippen LogP contribution in [0.1, 0.15) is 38.1 Å². The number of rotatable bonds is 6. The van der Waals surface area contributed by atoms with Crippen LogP contribution in [0.5, 0.6) is 0 Å². The number of aromatic nitrogens is 3. The van der Waals surface area contributed by atoms with Gasteiger partial charge in [-0.2, -0.15) is 14.9 Å². The van der Waals surface area contributed by atoms with Crippen LogP contribution in [-0.4, -0.2) is 21.1 Å². The Morgan fingerprint density at radius 2 is 2.14 bits per heavy atom. The second-order valence-electron chi connectivity index (χ2n) is 4.90. The highest BCUT2D eigenvalue weighted by Crippen LogP contribution is 2.06. The van der Waals surface area contributed by atoms with Gasteiger partial charge in [0.15, 0.2) is 5.82 Å². The highest BCUT2D eigenvalue weighted by Gasteiger charge is 2.03. The number of H-pyrrole nitrogens is 1. The molecule has 0 aliphatic carbocycles. The Morgan fingerprint density at radius 3 is 2.86 bits per heavy atom. The predicted molar refractivity (Wildman–Crippen MR) is 90.0 cm³/mol. The van der Waals surface area contributed by atoms with E-state index in [0.29, 0.717) is 4.77 Å². The van der Waals surface area contributed by atoms with Gasteiger partial charge in [-0.3, -0.25) is 5.10 Å². The molecule has 0 atom stereocenters. The number of aryl methyl sites for hydroxylation is 1. The molecule has 1 aromatic carbocycles. The number of aromatic amines is 1. The Morgan fingerprint density at radius 1 is 1.38 bits per heavy atom. The fourth-order valence-electron chi connectivity index (χ4n) is 1.94. The van der Waals surface area contributed by atoms with Gasteiger partial charge in [-0.05, 0) is 36.7 Å². The number of hydrogen-bond acceptors (Lipinski definition) is 3. The van der Waals surface area contributed by atoms with Crippen molar-refractivity contribution in [2.24, 2.45) is 5.10 Å². The zero-order valence-electron chi connectivity index (χ0n) is 12.4. The number of unbranched alkanes of at least 4 members (excludes halogenated alkanes) is 1. The topological polar surface area (TPSA) is 46.0 Å². The lowest BCUT2D eigenvalue weighted by molar-refractivity contribution is 0.700. The molecule has 5 heteroatoms. The normalized spacial score (nSPS) is 12.2. The first-order chi connectivity index (χ1) is 10.2. The van der Waals surface area contributed by atoms with Crippen LogP contribution >= 0.6 is 12.2 Å². The van der Waals surface area contributed by atoms with Crippen LogP contribution in [0, 0.1) is 4.77 Å². The van der Waals surface area contributed by atoms with Crippen LogP contribution in [-0.2, 0) is 6.42 Å². The minimum absolute atomic E-state index is 0.532. The fourth-order valence-corrected chi connectivity index (χ4v) is 2.14. The predicted octanol–water partition coefficient (Wildman–Crippen LogP) is 4.22. The number of allylic oxidation sites excluding steroid dienone is 1. The summed E-state index contributed by atoms with van der Waals surface area (Å²) >= 11 is 5.22. The molecule has 0 saturated heterocycles. The lowest BCUT2D eigenvalue weighted by Crippen LogP contribution is -1.99. The summed E-state index contributed by atoms with van der Waals surface area (Å²) in [6.45, 7) is 4.17. The number of hydrogen-bond donors (Lipinski definition) is 1. The lowest BCUT2D eigenvalue weighted by atomic mass is 10.1. The molecule has 1 aromatic heterocycles. The number of nitrogens with one attached hydrogen (secondary N) is 1. The monoisotopic (exact) mass is 300 g/mol. The summed E-state index contributed by atoms with van der Waals surface area (Å²) in [4.78, 5) is 0. The molecule has 21 heavy (non-hydrogen) atoms. The lowest BCUT2D eigenvalue weighted by Gasteiger charge is -1.99. The van der Waals surface area contributed by atoms with Gasteiger partial charge in [0.25, 0.3) is 0 Å². The summed E-state index contributed by atoms with van der Waals surface area (Å²) in [7, 11) is 0. The van der Waals surface area contributed by atoms with Gasteiger partial charge in [0.05, 0.1) is 6.21 Å². The molecule has 0 unspecified atom stereocenters. The molecule has 0 aliphatic heterocycles. The highest BCUT2D eigenvalue weighted by atomic mass is 32.1. The van der Waals surface area contributed by atoms with Crippen LogP contribution in [0.3, 0.4) is 0 Å². The van der Waals surface area contributed by atoms with E-state index >= 15 is 0 Å². The Balaban J connectivity index is 2.15. The maximum absolute atomic E-state index is 5.22. The Kier molecular flexibility index (Phi) is 5.63. The minimum Gasteiger partial charge on any atom is -0.250 e. The van der Waals surface area contributed by atoms with E-state index in [9.17, 15) is 0 Å². The van der Waals surface area contributed by atoms with Gasteiger partial charge < -0.3 is 0 Å². The van der Waals surface area contributed by atoms with E-state index in [4.69, 9.17) is 12.2 Å². The maximum Gasteiger partial charge on any atom is 0.216 e. The van der Waals surface area contributed by atoms with Gasteiger partial charge in [-0.15, -0.1) is 0 Å². The van der Waals surface area contributed by atoms with E-state index in [1.807, 2.05) is 31.3 Å². The molecule has 0 aliphatic rings. The first-order valence-electron chi connectivity index (χ1n) is 7.14. The van der Waals surface area contributed by atoms with Gasteiger partial charge in [-0.1, -0.05) is 49.8 Å². The third-order valence-electron chi connectivity index (χ3n) is 3.04. The largest absolute Gasteiger partial charge is 0.250 e. The fraction of sp³-hybridized carbons (Fsp3) is 0.312. The molecular formula is C16H20N4S. The Bertz CT molecular complexity index is 680. The van der Waals surface area contributed by atoms with Crippen LogP contribution in [0.2, 0.25) is 0 Å². The molecule has 1 heterocycles. The van der Waals surface area contributed by atoms with E-state index < -0.39 is 0 Å². The molecule has 4 nitrogen and oxygen atoms in total.